The Kier molecular flexibility index (Phi) is 2.94. The topological polar surface area (TPSA) is 18.5 Å². The van der Waals surface area contributed by atoms with Crippen LogP contribution in [-0.4, -0.2) is 13.2 Å². The second kappa shape index (κ2) is 4.10. The first-order valence-corrected chi connectivity index (χ1v) is 5.84. The quantitative estimate of drug-likeness (QED) is 0.721. The Hall–Kier alpha value is -1.02. The standard InChI is InChI=1S/C14H20O2/c1-8-6-9(2)13-12(15-5)7-10(3)16-14(13)11(8)4/h6,10,12H,7H2,1-5H3. The fourth-order valence-corrected chi connectivity index (χ4v) is 2.51. The van der Waals surface area contributed by atoms with Gasteiger partial charge in [-0.15, -0.1) is 0 Å². The molecule has 0 radical (unpaired) electrons. The smallest absolute Gasteiger partial charge is 0.128 e. The average molecular weight is 220 g/mol. The van der Waals surface area contributed by atoms with Crippen molar-refractivity contribution in [3.05, 3.63) is 28.3 Å². The van der Waals surface area contributed by atoms with Gasteiger partial charge in [0, 0.05) is 19.1 Å². The average Bonchev–Trinajstić information content (AvgIpc) is 2.24. The molecule has 0 N–H and O–H groups in total. The predicted octanol–water partition coefficient (Wildman–Crippen LogP) is 3.47. The van der Waals surface area contributed by atoms with Crippen LogP contribution in [-0.2, 0) is 4.74 Å². The van der Waals surface area contributed by atoms with Crippen LogP contribution in [0.2, 0.25) is 0 Å². The van der Waals surface area contributed by atoms with Gasteiger partial charge in [-0.25, -0.2) is 0 Å². The van der Waals surface area contributed by atoms with Crippen LogP contribution in [0.4, 0.5) is 0 Å². The molecular formula is C14H20O2. The van der Waals surface area contributed by atoms with Crippen molar-refractivity contribution in [2.45, 2.75) is 46.3 Å². The molecule has 0 saturated heterocycles. The van der Waals surface area contributed by atoms with Crippen molar-refractivity contribution in [3.8, 4) is 5.75 Å². The lowest BCUT2D eigenvalue weighted by atomic mass is 9.91. The summed E-state index contributed by atoms with van der Waals surface area (Å²) in [6.07, 6.45) is 1.35. The van der Waals surface area contributed by atoms with E-state index in [1.54, 1.807) is 7.11 Å². The molecule has 88 valence electrons. The number of rotatable bonds is 1. The van der Waals surface area contributed by atoms with Crippen LogP contribution in [0.25, 0.3) is 0 Å². The van der Waals surface area contributed by atoms with Gasteiger partial charge in [0.2, 0.25) is 0 Å². The minimum atomic E-state index is 0.179. The fourth-order valence-electron chi connectivity index (χ4n) is 2.51. The first kappa shape index (κ1) is 11.5. The normalized spacial score (nSPS) is 23.8. The van der Waals surface area contributed by atoms with Gasteiger partial charge in [-0.2, -0.15) is 0 Å². The molecule has 2 nitrogen and oxygen atoms in total. The van der Waals surface area contributed by atoms with E-state index >= 15 is 0 Å². The van der Waals surface area contributed by atoms with E-state index in [9.17, 15) is 0 Å². The van der Waals surface area contributed by atoms with Crippen molar-refractivity contribution < 1.29 is 9.47 Å². The van der Waals surface area contributed by atoms with Gasteiger partial charge in [-0.05, 0) is 44.4 Å². The summed E-state index contributed by atoms with van der Waals surface area (Å²) in [5.74, 6) is 1.04. The van der Waals surface area contributed by atoms with Gasteiger partial charge in [0.15, 0.2) is 0 Å². The summed E-state index contributed by atoms with van der Waals surface area (Å²) in [6.45, 7) is 8.49. The van der Waals surface area contributed by atoms with Crippen LogP contribution in [0.1, 0.15) is 41.7 Å². The second-order valence-electron chi connectivity index (χ2n) is 4.77. The number of hydrogen-bond donors (Lipinski definition) is 0. The van der Waals surface area contributed by atoms with Crippen molar-refractivity contribution in [2.24, 2.45) is 0 Å². The SMILES string of the molecule is COC1CC(C)Oc2c(C)c(C)cc(C)c21. The molecule has 0 saturated carbocycles. The van der Waals surface area contributed by atoms with Crippen molar-refractivity contribution in [1.82, 2.24) is 0 Å². The summed E-state index contributed by atoms with van der Waals surface area (Å²) in [4.78, 5) is 0. The maximum absolute atomic E-state index is 5.98. The molecule has 0 aliphatic carbocycles. The minimum absolute atomic E-state index is 0.179. The molecule has 2 heteroatoms. The Morgan fingerprint density at radius 1 is 1.25 bits per heavy atom. The largest absolute Gasteiger partial charge is 0.490 e. The summed E-state index contributed by atoms with van der Waals surface area (Å²) in [5.41, 5.74) is 5.05. The lowest BCUT2D eigenvalue weighted by Gasteiger charge is -2.32. The number of hydrogen-bond acceptors (Lipinski definition) is 2. The molecule has 0 aromatic heterocycles. The molecule has 2 unspecified atom stereocenters. The summed E-state index contributed by atoms with van der Waals surface area (Å²) in [6, 6.07) is 2.22. The number of ether oxygens (including phenoxy) is 2. The van der Waals surface area contributed by atoms with Crippen molar-refractivity contribution in [2.75, 3.05) is 7.11 Å². The van der Waals surface area contributed by atoms with E-state index in [1.807, 2.05) is 0 Å². The highest BCUT2D eigenvalue weighted by atomic mass is 16.5. The molecule has 0 amide bonds. The van der Waals surface area contributed by atoms with Crippen LogP contribution < -0.4 is 4.74 Å². The second-order valence-corrected chi connectivity index (χ2v) is 4.77. The van der Waals surface area contributed by atoms with Gasteiger partial charge in [0.25, 0.3) is 0 Å². The Labute approximate surface area is 97.6 Å². The Morgan fingerprint density at radius 2 is 1.94 bits per heavy atom. The van der Waals surface area contributed by atoms with Crippen LogP contribution >= 0.6 is 0 Å². The molecule has 0 fully saturated rings. The summed E-state index contributed by atoms with van der Waals surface area (Å²) in [5, 5.41) is 0. The molecule has 1 heterocycles. The highest BCUT2D eigenvalue weighted by Crippen LogP contribution is 2.41. The van der Waals surface area contributed by atoms with Gasteiger partial charge in [0.1, 0.15) is 5.75 Å². The molecule has 16 heavy (non-hydrogen) atoms. The number of aryl methyl sites for hydroxylation is 2. The molecule has 1 aromatic carbocycles. The Bertz CT molecular complexity index is 410. The Morgan fingerprint density at radius 3 is 2.56 bits per heavy atom. The van der Waals surface area contributed by atoms with Gasteiger partial charge in [-0.3, -0.25) is 0 Å². The van der Waals surface area contributed by atoms with E-state index < -0.39 is 0 Å². The van der Waals surface area contributed by atoms with Gasteiger partial charge in [-0.1, -0.05) is 6.07 Å². The van der Waals surface area contributed by atoms with Gasteiger partial charge in [0.05, 0.1) is 12.2 Å². The minimum Gasteiger partial charge on any atom is -0.490 e. The summed E-state index contributed by atoms with van der Waals surface area (Å²) < 4.78 is 11.6. The highest BCUT2D eigenvalue weighted by Gasteiger charge is 2.29. The van der Waals surface area contributed by atoms with E-state index in [1.165, 1.54) is 22.3 Å². The number of fused-ring (bicyclic) bond motifs is 1. The summed E-state index contributed by atoms with van der Waals surface area (Å²) >= 11 is 0. The molecule has 0 spiro atoms. The number of benzene rings is 1. The molecule has 1 aliphatic rings. The van der Waals surface area contributed by atoms with Crippen molar-refractivity contribution >= 4 is 0 Å². The zero-order valence-corrected chi connectivity index (χ0v) is 10.8. The molecule has 2 atom stereocenters. The molecular weight excluding hydrogens is 200 g/mol. The number of methoxy groups -OCH3 is 1. The van der Waals surface area contributed by atoms with E-state index in [2.05, 4.69) is 33.8 Å². The van der Waals surface area contributed by atoms with E-state index in [-0.39, 0.29) is 12.2 Å². The highest BCUT2D eigenvalue weighted by molar-refractivity contribution is 5.51. The maximum atomic E-state index is 5.98. The molecule has 1 aliphatic heterocycles. The lowest BCUT2D eigenvalue weighted by Crippen LogP contribution is -2.25. The first-order valence-electron chi connectivity index (χ1n) is 5.84. The molecule has 0 bridgehead atoms. The van der Waals surface area contributed by atoms with Crippen molar-refractivity contribution in [3.63, 3.8) is 0 Å². The zero-order valence-electron chi connectivity index (χ0n) is 10.8. The first-order chi connectivity index (χ1) is 7.54. The molecule has 1 aromatic rings. The third-order valence-electron chi connectivity index (χ3n) is 3.51. The summed E-state index contributed by atoms with van der Waals surface area (Å²) in [7, 11) is 1.78. The van der Waals surface area contributed by atoms with Crippen molar-refractivity contribution in [1.29, 1.82) is 0 Å². The van der Waals surface area contributed by atoms with Crippen LogP contribution in [0, 0.1) is 20.8 Å². The predicted molar refractivity (Wildman–Crippen MR) is 65.1 cm³/mol. The van der Waals surface area contributed by atoms with Gasteiger partial charge < -0.3 is 9.47 Å². The van der Waals surface area contributed by atoms with Crippen LogP contribution in [0.3, 0.4) is 0 Å². The van der Waals surface area contributed by atoms with E-state index in [0.29, 0.717) is 0 Å². The third kappa shape index (κ3) is 1.71. The lowest BCUT2D eigenvalue weighted by molar-refractivity contribution is 0.0358. The molecule has 2 rings (SSSR count). The Balaban J connectivity index is 2.61. The monoisotopic (exact) mass is 220 g/mol. The van der Waals surface area contributed by atoms with E-state index in [4.69, 9.17) is 9.47 Å². The van der Waals surface area contributed by atoms with Gasteiger partial charge >= 0.3 is 0 Å². The van der Waals surface area contributed by atoms with Crippen LogP contribution in [0.5, 0.6) is 5.75 Å². The van der Waals surface area contributed by atoms with E-state index in [0.717, 1.165) is 12.2 Å². The maximum Gasteiger partial charge on any atom is 0.128 e. The third-order valence-corrected chi connectivity index (χ3v) is 3.51. The fraction of sp³-hybridized carbons (Fsp3) is 0.571. The van der Waals surface area contributed by atoms with Crippen LogP contribution in [0.15, 0.2) is 6.07 Å². The zero-order chi connectivity index (χ0) is 11.9.